The number of amides is 1. The summed E-state index contributed by atoms with van der Waals surface area (Å²) < 4.78 is 10.8. The van der Waals surface area contributed by atoms with E-state index in [0.717, 1.165) is 13.1 Å². The highest BCUT2D eigenvalue weighted by Crippen LogP contribution is 2.28. The molecule has 1 amide bonds. The van der Waals surface area contributed by atoms with Crippen LogP contribution in [0.25, 0.3) is 11.5 Å². The van der Waals surface area contributed by atoms with Gasteiger partial charge in [0.2, 0.25) is 0 Å². The number of nitrogens with zero attached hydrogens (tertiary/aromatic N) is 3. The van der Waals surface area contributed by atoms with Gasteiger partial charge in [-0.2, -0.15) is 0 Å². The van der Waals surface area contributed by atoms with E-state index in [9.17, 15) is 4.79 Å². The molecule has 27 heavy (non-hydrogen) atoms. The van der Waals surface area contributed by atoms with Crippen molar-refractivity contribution < 1.29 is 13.9 Å². The van der Waals surface area contributed by atoms with E-state index in [-0.39, 0.29) is 11.8 Å². The van der Waals surface area contributed by atoms with Gasteiger partial charge >= 0.3 is 11.8 Å². The van der Waals surface area contributed by atoms with Crippen molar-refractivity contribution in [1.29, 1.82) is 0 Å². The third kappa shape index (κ3) is 3.62. The van der Waals surface area contributed by atoms with Crippen LogP contribution >= 0.6 is 0 Å². The molecule has 0 unspecified atom stereocenters. The molecule has 0 saturated carbocycles. The molecular formula is C20H20N4O3. The molecule has 2 heterocycles. The molecular weight excluding hydrogens is 344 g/mol. The molecule has 0 aliphatic carbocycles. The number of para-hydroxylation sites is 1. The fourth-order valence-electron chi connectivity index (χ4n) is 3.16. The van der Waals surface area contributed by atoms with Gasteiger partial charge in [-0.3, -0.25) is 4.79 Å². The van der Waals surface area contributed by atoms with Crippen LogP contribution in [0, 0.1) is 0 Å². The van der Waals surface area contributed by atoms with Crippen LogP contribution in [0.2, 0.25) is 0 Å². The van der Waals surface area contributed by atoms with Crippen LogP contribution in [0.1, 0.15) is 23.5 Å². The lowest BCUT2D eigenvalue weighted by molar-refractivity contribution is 0.0991. The van der Waals surface area contributed by atoms with Gasteiger partial charge in [-0.1, -0.05) is 12.1 Å². The molecule has 0 radical (unpaired) electrons. The first-order chi connectivity index (χ1) is 13.2. The normalized spacial score (nSPS) is 13.6. The molecule has 1 saturated heterocycles. The molecule has 1 aliphatic rings. The Morgan fingerprint density at radius 1 is 1.07 bits per heavy atom. The van der Waals surface area contributed by atoms with Crippen molar-refractivity contribution in [2.24, 2.45) is 0 Å². The summed E-state index contributed by atoms with van der Waals surface area (Å²) in [7, 11) is 1.56. The fourth-order valence-corrected chi connectivity index (χ4v) is 3.16. The van der Waals surface area contributed by atoms with Gasteiger partial charge < -0.3 is 19.4 Å². The molecule has 7 heteroatoms. The Balaban J connectivity index is 1.46. The average molecular weight is 364 g/mol. The second-order valence-electron chi connectivity index (χ2n) is 6.31. The van der Waals surface area contributed by atoms with Crippen LogP contribution < -0.4 is 15.0 Å². The summed E-state index contributed by atoms with van der Waals surface area (Å²) in [4.78, 5) is 14.7. The number of carbonyl (C=O) groups is 1. The zero-order chi connectivity index (χ0) is 18.6. The standard InChI is InChI=1S/C20H20N4O3/c1-26-17-7-3-2-6-16(17)19-22-23-20(27-19)18(25)21-14-8-10-15(11-9-14)24-12-4-5-13-24/h2-3,6-11H,4-5,12-13H2,1H3,(H,21,25). The summed E-state index contributed by atoms with van der Waals surface area (Å²) in [6.45, 7) is 2.17. The van der Waals surface area contributed by atoms with Gasteiger partial charge in [-0.25, -0.2) is 0 Å². The minimum Gasteiger partial charge on any atom is -0.496 e. The van der Waals surface area contributed by atoms with Crippen molar-refractivity contribution in [2.45, 2.75) is 12.8 Å². The van der Waals surface area contributed by atoms with Gasteiger partial charge in [0.15, 0.2) is 0 Å². The highest BCUT2D eigenvalue weighted by molar-refractivity contribution is 6.01. The fraction of sp³-hybridized carbons (Fsp3) is 0.250. The van der Waals surface area contributed by atoms with Gasteiger partial charge in [0.25, 0.3) is 5.89 Å². The molecule has 7 nitrogen and oxygen atoms in total. The van der Waals surface area contributed by atoms with Crippen molar-refractivity contribution in [3.8, 4) is 17.2 Å². The zero-order valence-corrected chi connectivity index (χ0v) is 15.0. The van der Waals surface area contributed by atoms with Gasteiger partial charge in [0.1, 0.15) is 5.75 Å². The number of anilines is 2. The first-order valence-corrected chi connectivity index (χ1v) is 8.88. The molecule has 3 aromatic rings. The van der Waals surface area contributed by atoms with E-state index in [0.29, 0.717) is 17.0 Å². The van der Waals surface area contributed by atoms with Crippen molar-refractivity contribution in [2.75, 3.05) is 30.4 Å². The minimum absolute atomic E-state index is 0.0977. The number of methoxy groups -OCH3 is 1. The summed E-state index contributed by atoms with van der Waals surface area (Å²) >= 11 is 0. The molecule has 138 valence electrons. The van der Waals surface area contributed by atoms with Crippen LogP contribution in [0.15, 0.2) is 52.9 Å². The lowest BCUT2D eigenvalue weighted by Crippen LogP contribution is -2.17. The maximum atomic E-state index is 12.4. The first-order valence-electron chi connectivity index (χ1n) is 8.88. The monoisotopic (exact) mass is 364 g/mol. The van der Waals surface area contributed by atoms with Crippen molar-refractivity contribution in [1.82, 2.24) is 10.2 Å². The number of nitrogens with one attached hydrogen (secondary N) is 1. The Hall–Kier alpha value is -3.35. The van der Waals surface area contributed by atoms with Crippen molar-refractivity contribution >= 4 is 17.3 Å². The number of aromatic nitrogens is 2. The topological polar surface area (TPSA) is 80.5 Å². The molecule has 1 fully saturated rings. The predicted octanol–water partition coefficient (Wildman–Crippen LogP) is 3.60. The van der Waals surface area contributed by atoms with E-state index in [1.165, 1.54) is 18.5 Å². The first kappa shape index (κ1) is 17.1. The smallest absolute Gasteiger partial charge is 0.313 e. The average Bonchev–Trinajstić information content (AvgIpc) is 3.41. The zero-order valence-electron chi connectivity index (χ0n) is 15.0. The van der Waals surface area contributed by atoms with E-state index in [4.69, 9.17) is 9.15 Å². The van der Waals surface area contributed by atoms with Crippen molar-refractivity contribution in [3.63, 3.8) is 0 Å². The molecule has 1 aromatic heterocycles. The Labute approximate surface area is 157 Å². The number of hydrogen-bond acceptors (Lipinski definition) is 6. The quantitative estimate of drug-likeness (QED) is 0.745. The molecule has 0 spiro atoms. The van der Waals surface area contributed by atoms with E-state index in [1.807, 2.05) is 36.4 Å². The molecule has 1 aliphatic heterocycles. The van der Waals surface area contributed by atoms with Crippen LogP contribution in [0.3, 0.4) is 0 Å². The van der Waals surface area contributed by atoms with Gasteiger partial charge in [-0.15, -0.1) is 10.2 Å². The van der Waals surface area contributed by atoms with Crippen LogP contribution in [-0.2, 0) is 0 Å². The highest BCUT2D eigenvalue weighted by atomic mass is 16.5. The lowest BCUT2D eigenvalue weighted by Gasteiger charge is -2.17. The van der Waals surface area contributed by atoms with Gasteiger partial charge in [0, 0.05) is 24.5 Å². The number of rotatable bonds is 5. The summed E-state index contributed by atoms with van der Waals surface area (Å²) in [6, 6.07) is 15.0. The second kappa shape index (κ2) is 7.49. The Morgan fingerprint density at radius 2 is 1.81 bits per heavy atom. The highest BCUT2D eigenvalue weighted by Gasteiger charge is 2.18. The van der Waals surface area contributed by atoms with E-state index < -0.39 is 5.91 Å². The van der Waals surface area contributed by atoms with E-state index in [2.05, 4.69) is 20.4 Å². The van der Waals surface area contributed by atoms with Crippen LogP contribution in [0.4, 0.5) is 11.4 Å². The van der Waals surface area contributed by atoms with Crippen molar-refractivity contribution in [3.05, 3.63) is 54.4 Å². The molecule has 1 N–H and O–H groups in total. The summed E-state index contributed by atoms with van der Waals surface area (Å²) in [5.41, 5.74) is 2.49. The van der Waals surface area contributed by atoms with E-state index in [1.54, 1.807) is 19.2 Å². The molecule has 2 aromatic carbocycles. The third-order valence-corrected chi connectivity index (χ3v) is 4.55. The molecule has 0 atom stereocenters. The second-order valence-corrected chi connectivity index (χ2v) is 6.31. The van der Waals surface area contributed by atoms with Crippen LogP contribution in [-0.4, -0.2) is 36.3 Å². The summed E-state index contributed by atoms with van der Waals surface area (Å²) in [6.07, 6.45) is 2.45. The number of benzene rings is 2. The Kier molecular flexibility index (Phi) is 4.74. The van der Waals surface area contributed by atoms with Gasteiger partial charge in [-0.05, 0) is 49.2 Å². The number of ether oxygens (including phenoxy) is 1. The lowest BCUT2D eigenvalue weighted by atomic mass is 10.2. The SMILES string of the molecule is COc1ccccc1-c1nnc(C(=O)Nc2ccc(N3CCCC3)cc2)o1. The van der Waals surface area contributed by atoms with E-state index >= 15 is 0 Å². The third-order valence-electron chi connectivity index (χ3n) is 4.55. The molecule has 0 bridgehead atoms. The minimum atomic E-state index is -0.447. The Bertz CT molecular complexity index is 930. The molecule has 4 rings (SSSR count). The maximum Gasteiger partial charge on any atom is 0.313 e. The largest absolute Gasteiger partial charge is 0.496 e. The summed E-state index contributed by atoms with van der Waals surface area (Å²) in [5, 5.41) is 10.6. The van der Waals surface area contributed by atoms with Crippen LogP contribution in [0.5, 0.6) is 5.75 Å². The Morgan fingerprint density at radius 3 is 2.56 bits per heavy atom. The number of hydrogen-bond donors (Lipinski definition) is 1. The van der Waals surface area contributed by atoms with Gasteiger partial charge in [0.05, 0.1) is 12.7 Å². The number of carbonyl (C=O) groups excluding carboxylic acids is 1. The summed E-state index contributed by atoms with van der Waals surface area (Å²) in [5.74, 6) is 0.296. The maximum absolute atomic E-state index is 12.4. The predicted molar refractivity (Wildman–Crippen MR) is 102 cm³/mol.